The van der Waals surface area contributed by atoms with Gasteiger partial charge in [0, 0.05) is 19.6 Å². The van der Waals surface area contributed by atoms with E-state index in [-0.39, 0.29) is 0 Å². The molecule has 0 saturated carbocycles. The second-order valence-electron chi connectivity index (χ2n) is 4.61. The number of morpholine rings is 1. The van der Waals surface area contributed by atoms with E-state index in [1.54, 1.807) is 0 Å². The Labute approximate surface area is 104 Å². The van der Waals surface area contributed by atoms with Gasteiger partial charge in [-0.25, -0.2) is 0 Å². The summed E-state index contributed by atoms with van der Waals surface area (Å²) in [6, 6.07) is 10.7. The van der Waals surface area contributed by atoms with E-state index in [4.69, 9.17) is 4.74 Å². The molecular weight excluding hydrogens is 212 g/mol. The molecule has 94 valence electrons. The summed E-state index contributed by atoms with van der Waals surface area (Å²) < 4.78 is 5.77. The first-order valence-electron chi connectivity index (χ1n) is 6.41. The zero-order valence-corrected chi connectivity index (χ0v) is 10.6. The largest absolute Gasteiger partial charge is 0.376 e. The summed E-state index contributed by atoms with van der Waals surface area (Å²) in [4.78, 5) is 2.49. The van der Waals surface area contributed by atoms with Crippen LogP contribution in [0, 0.1) is 0 Å². The van der Waals surface area contributed by atoms with Crippen molar-refractivity contribution in [3.05, 3.63) is 35.9 Å². The Morgan fingerprint density at radius 1 is 1.35 bits per heavy atom. The molecule has 1 aliphatic rings. The molecule has 0 radical (unpaired) electrons. The molecule has 0 aromatic heterocycles. The molecule has 1 unspecified atom stereocenters. The van der Waals surface area contributed by atoms with Crippen molar-refractivity contribution in [2.24, 2.45) is 0 Å². The van der Waals surface area contributed by atoms with Crippen molar-refractivity contribution >= 4 is 0 Å². The number of nitrogens with zero attached hydrogens (tertiary/aromatic N) is 1. The molecule has 1 heterocycles. The third kappa shape index (κ3) is 4.11. The molecule has 3 nitrogen and oxygen atoms in total. The Balaban J connectivity index is 1.81. The highest BCUT2D eigenvalue weighted by molar-refractivity contribution is 5.14. The predicted molar refractivity (Wildman–Crippen MR) is 70.0 cm³/mol. The van der Waals surface area contributed by atoms with Crippen molar-refractivity contribution in [2.75, 3.05) is 33.3 Å². The molecule has 1 aromatic carbocycles. The van der Waals surface area contributed by atoms with Crippen LogP contribution in [0.15, 0.2) is 30.3 Å². The SMILES string of the molecule is CNCCC1CN(Cc2ccccc2)CCO1. The lowest BCUT2D eigenvalue weighted by Crippen LogP contribution is -2.42. The number of hydrogen-bond acceptors (Lipinski definition) is 3. The maximum atomic E-state index is 5.77. The summed E-state index contributed by atoms with van der Waals surface area (Å²) in [7, 11) is 1.99. The highest BCUT2D eigenvalue weighted by Crippen LogP contribution is 2.12. The van der Waals surface area contributed by atoms with E-state index in [0.717, 1.165) is 39.2 Å². The molecule has 1 saturated heterocycles. The van der Waals surface area contributed by atoms with E-state index in [1.807, 2.05) is 7.05 Å². The minimum atomic E-state index is 0.389. The summed E-state index contributed by atoms with van der Waals surface area (Å²) in [6.45, 7) is 5.03. The predicted octanol–water partition coefficient (Wildman–Crippen LogP) is 1.50. The van der Waals surface area contributed by atoms with Crippen LogP contribution in [0.25, 0.3) is 0 Å². The summed E-state index contributed by atoms with van der Waals surface area (Å²) in [5.74, 6) is 0. The van der Waals surface area contributed by atoms with Crippen LogP contribution in [0.5, 0.6) is 0 Å². The van der Waals surface area contributed by atoms with E-state index < -0.39 is 0 Å². The van der Waals surface area contributed by atoms with Crippen molar-refractivity contribution in [1.82, 2.24) is 10.2 Å². The number of ether oxygens (including phenoxy) is 1. The monoisotopic (exact) mass is 234 g/mol. The van der Waals surface area contributed by atoms with Crippen LogP contribution >= 0.6 is 0 Å². The number of hydrogen-bond donors (Lipinski definition) is 1. The molecule has 1 N–H and O–H groups in total. The minimum absolute atomic E-state index is 0.389. The van der Waals surface area contributed by atoms with Gasteiger partial charge in [-0.1, -0.05) is 30.3 Å². The van der Waals surface area contributed by atoms with Gasteiger partial charge in [-0.15, -0.1) is 0 Å². The van der Waals surface area contributed by atoms with Gasteiger partial charge >= 0.3 is 0 Å². The number of rotatable bonds is 5. The van der Waals surface area contributed by atoms with Gasteiger partial charge in [0.25, 0.3) is 0 Å². The fourth-order valence-corrected chi connectivity index (χ4v) is 2.25. The minimum Gasteiger partial charge on any atom is -0.376 e. The lowest BCUT2D eigenvalue weighted by atomic mass is 10.1. The summed E-state index contributed by atoms with van der Waals surface area (Å²) in [5.41, 5.74) is 1.39. The van der Waals surface area contributed by atoms with Crippen molar-refractivity contribution in [3.8, 4) is 0 Å². The zero-order valence-electron chi connectivity index (χ0n) is 10.6. The Morgan fingerprint density at radius 2 is 2.18 bits per heavy atom. The summed E-state index contributed by atoms with van der Waals surface area (Å²) in [6.07, 6.45) is 1.49. The van der Waals surface area contributed by atoms with Gasteiger partial charge in [0.2, 0.25) is 0 Å². The van der Waals surface area contributed by atoms with Gasteiger partial charge in [-0.2, -0.15) is 0 Å². The Kier molecular flexibility index (Phi) is 4.98. The first-order valence-corrected chi connectivity index (χ1v) is 6.41. The lowest BCUT2D eigenvalue weighted by Gasteiger charge is -2.33. The summed E-state index contributed by atoms with van der Waals surface area (Å²) in [5, 5.41) is 3.18. The number of benzene rings is 1. The Hall–Kier alpha value is -0.900. The standard InChI is InChI=1S/C14H22N2O/c1-15-8-7-14-12-16(9-10-17-14)11-13-5-3-2-4-6-13/h2-6,14-15H,7-12H2,1H3. The molecule has 0 spiro atoms. The fraction of sp³-hybridized carbons (Fsp3) is 0.571. The molecular formula is C14H22N2O. The van der Waals surface area contributed by atoms with Crippen molar-refractivity contribution in [2.45, 2.75) is 19.1 Å². The van der Waals surface area contributed by atoms with Crippen LogP contribution in [-0.2, 0) is 11.3 Å². The summed E-state index contributed by atoms with van der Waals surface area (Å²) >= 11 is 0. The van der Waals surface area contributed by atoms with E-state index in [9.17, 15) is 0 Å². The molecule has 2 rings (SSSR count). The topological polar surface area (TPSA) is 24.5 Å². The molecule has 1 fully saturated rings. The van der Waals surface area contributed by atoms with E-state index in [2.05, 4.69) is 40.5 Å². The van der Waals surface area contributed by atoms with Crippen molar-refractivity contribution < 1.29 is 4.74 Å². The normalized spacial score (nSPS) is 21.6. The van der Waals surface area contributed by atoms with Gasteiger partial charge < -0.3 is 10.1 Å². The van der Waals surface area contributed by atoms with E-state index in [0.29, 0.717) is 6.10 Å². The first-order chi connectivity index (χ1) is 8.38. The lowest BCUT2D eigenvalue weighted by molar-refractivity contribution is -0.0342. The number of nitrogens with one attached hydrogen (secondary N) is 1. The fourth-order valence-electron chi connectivity index (χ4n) is 2.25. The molecule has 0 aliphatic carbocycles. The molecule has 0 amide bonds. The third-order valence-electron chi connectivity index (χ3n) is 3.19. The second-order valence-corrected chi connectivity index (χ2v) is 4.61. The van der Waals surface area contributed by atoms with Crippen LogP contribution in [0.1, 0.15) is 12.0 Å². The van der Waals surface area contributed by atoms with E-state index in [1.165, 1.54) is 5.56 Å². The van der Waals surface area contributed by atoms with Crippen molar-refractivity contribution in [1.29, 1.82) is 0 Å². The Morgan fingerprint density at radius 3 is 2.94 bits per heavy atom. The molecule has 17 heavy (non-hydrogen) atoms. The third-order valence-corrected chi connectivity index (χ3v) is 3.19. The Bertz CT molecular complexity index is 315. The average Bonchev–Trinajstić information content (AvgIpc) is 2.38. The van der Waals surface area contributed by atoms with Crippen LogP contribution in [-0.4, -0.2) is 44.3 Å². The van der Waals surface area contributed by atoms with Gasteiger partial charge in [-0.05, 0) is 25.6 Å². The molecule has 1 aliphatic heterocycles. The van der Waals surface area contributed by atoms with Gasteiger partial charge in [0.1, 0.15) is 0 Å². The van der Waals surface area contributed by atoms with Crippen molar-refractivity contribution in [3.63, 3.8) is 0 Å². The smallest absolute Gasteiger partial charge is 0.0714 e. The average molecular weight is 234 g/mol. The highest BCUT2D eigenvalue weighted by atomic mass is 16.5. The van der Waals surface area contributed by atoms with Crippen LogP contribution in [0.4, 0.5) is 0 Å². The zero-order chi connectivity index (χ0) is 11.9. The molecule has 1 atom stereocenters. The molecule has 3 heteroatoms. The van der Waals surface area contributed by atoms with E-state index >= 15 is 0 Å². The van der Waals surface area contributed by atoms with Crippen LogP contribution < -0.4 is 5.32 Å². The van der Waals surface area contributed by atoms with Gasteiger partial charge in [0.15, 0.2) is 0 Å². The maximum Gasteiger partial charge on any atom is 0.0714 e. The first kappa shape index (κ1) is 12.6. The van der Waals surface area contributed by atoms with Gasteiger partial charge in [-0.3, -0.25) is 4.90 Å². The highest BCUT2D eigenvalue weighted by Gasteiger charge is 2.19. The second kappa shape index (κ2) is 6.74. The van der Waals surface area contributed by atoms with Crippen LogP contribution in [0.3, 0.4) is 0 Å². The van der Waals surface area contributed by atoms with Gasteiger partial charge in [0.05, 0.1) is 12.7 Å². The quantitative estimate of drug-likeness (QED) is 0.835. The molecule has 1 aromatic rings. The molecule has 0 bridgehead atoms. The maximum absolute atomic E-state index is 5.77. The van der Waals surface area contributed by atoms with Crippen LogP contribution in [0.2, 0.25) is 0 Å².